The molecule has 3 rings (SSSR count). The zero-order chi connectivity index (χ0) is 20.5. The predicted octanol–water partition coefficient (Wildman–Crippen LogP) is 1.67. The van der Waals surface area contributed by atoms with Crippen LogP contribution >= 0.6 is 0 Å². The molecule has 9 heteroatoms. The van der Waals surface area contributed by atoms with Gasteiger partial charge in [0.2, 0.25) is 0 Å². The molecule has 2 atom stereocenters. The first-order valence-corrected chi connectivity index (χ1v) is 8.95. The number of nitrogens with zero attached hydrogens (tertiary/aromatic N) is 1. The Morgan fingerprint density at radius 1 is 1.18 bits per heavy atom. The van der Waals surface area contributed by atoms with Crippen molar-refractivity contribution in [3.05, 3.63) is 35.4 Å². The number of hydroxylamine groups is 2. The van der Waals surface area contributed by atoms with Crippen LogP contribution in [0.15, 0.2) is 24.3 Å². The second kappa shape index (κ2) is 7.59. The number of alkyl carbamates (subject to hydrolysis) is 1. The van der Waals surface area contributed by atoms with Crippen molar-refractivity contribution in [2.75, 3.05) is 13.2 Å². The number of hydrogen-bond acceptors (Lipinski definition) is 7. The summed E-state index contributed by atoms with van der Waals surface area (Å²) in [5.41, 5.74) is -0.286. The molecule has 0 radical (unpaired) electrons. The molecule has 1 saturated heterocycles. The molecular weight excluding hydrogens is 368 g/mol. The van der Waals surface area contributed by atoms with Crippen molar-refractivity contribution in [3.8, 4) is 0 Å². The number of rotatable bonds is 4. The molecule has 9 nitrogen and oxygen atoms in total. The minimum Gasteiger partial charge on any atom is -0.444 e. The molecule has 2 aliphatic rings. The monoisotopic (exact) mass is 390 g/mol. The normalized spacial score (nSPS) is 21.5. The van der Waals surface area contributed by atoms with Gasteiger partial charge in [-0.15, -0.1) is 0 Å². The smallest absolute Gasteiger partial charge is 0.407 e. The molecule has 2 heterocycles. The molecule has 0 unspecified atom stereocenters. The van der Waals surface area contributed by atoms with Gasteiger partial charge in [0.05, 0.1) is 11.1 Å². The zero-order valence-corrected chi connectivity index (χ0v) is 15.9. The maximum absolute atomic E-state index is 12.5. The fourth-order valence-corrected chi connectivity index (χ4v) is 3.02. The standard InChI is InChI=1S/C19H22N2O7/c1-19(2,3)27-18(25)20-10-11-8-9-26-14(11)17(24)28-21-15(22)12-6-4-5-7-13(12)16(21)23/h4-7,11,14H,8-10H2,1-3H3,(H,20,25)/t11-,14-/m0/s1. The van der Waals surface area contributed by atoms with Crippen molar-refractivity contribution in [1.82, 2.24) is 10.4 Å². The number of imide groups is 1. The summed E-state index contributed by atoms with van der Waals surface area (Å²) in [5.74, 6) is -2.62. The molecule has 28 heavy (non-hydrogen) atoms. The molecule has 3 amide bonds. The third kappa shape index (κ3) is 4.14. The summed E-state index contributed by atoms with van der Waals surface area (Å²) in [4.78, 5) is 53.9. The molecule has 0 aliphatic carbocycles. The summed E-state index contributed by atoms with van der Waals surface area (Å²) >= 11 is 0. The van der Waals surface area contributed by atoms with Gasteiger partial charge in [0, 0.05) is 19.1 Å². The number of hydrogen-bond donors (Lipinski definition) is 1. The molecule has 2 aliphatic heterocycles. The van der Waals surface area contributed by atoms with E-state index in [4.69, 9.17) is 14.3 Å². The summed E-state index contributed by atoms with van der Waals surface area (Å²) in [5, 5.41) is 3.05. The van der Waals surface area contributed by atoms with E-state index in [1.54, 1.807) is 32.9 Å². The highest BCUT2D eigenvalue weighted by Gasteiger charge is 2.43. The van der Waals surface area contributed by atoms with Crippen LogP contribution < -0.4 is 5.32 Å². The fourth-order valence-electron chi connectivity index (χ4n) is 3.02. The number of amides is 3. The maximum atomic E-state index is 12.5. The second-order valence-corrected chi connectivity index (χ2v) is 7.58. The highest BCUT2D eigenvalue weighted by molar-refractivity contribution is 6.20. The van der Waals surface area contributed by atoms with Crippen LogP contribution in [0.5, 0.6) is 0 Å². The van der Waals surface area contributed by atoms with Gasteiger partial charge in [-0.3, -0.25) is 9.59 Å². The van der Waals surface area contributed by atoms with Crippen LogP contribution in [0, 0.1) is 5.92 Å². The van der Waals surface area contributed by atoms with Gasteiger partial charge in [0.25, 0.3) is 11.8 Å². The highest BCUT2D eigenvalue weighted by Crippen LogP contribution is 2.26. The van der Waals surface area contributed by atoms with Crippen molar-refractivity contribution in [3.63, 3.8) is 0 Å². The van der Waals surface area contributed by atoms with E-state index in [1.807, 2.05) is 0 Å². The van der Waals surface area contributed by atoms with Crippen LogP contribution in [0.3, 0.4) is 0 Å². The first-order chi connectivity index (χ1) is 13.2. The van der Waals surface area contributed by atoms with Gasteiger partial charge in [-0.05, 0) is 39.3 Å². The van der Waals surface area contributed by atoms with Gasteiger partial charge in [0.15, 0.2) is 6.10 Å². The largest absolute Gasteiger partial charge is 0.444 e. The van der Waals surface area contributed by atoms with E-state index >= 15 is 0 Å². The molecular formula is C19H22N2O7. The van der Waals surface area contributed by atoms with Crippen molar-refractivity contribution in [1.29, 1.82) is 0 Å². The molecule has 1 fully saturated rings. The summed E-state index contributed by atoms with van der Waals surface area (Å²) in [6, 6.07) is 6.22. The van der Waals surface area contributed by atoms with E-state index in [1.165, 1.54) is 12.1 Å². The Labute approximate surface area is 161 Å². The van der Waals surface area contributed by atoms with Crippen LogP contribution in [0.2, 0.25) is 0 Å². The lowest BCUT2D eigenvalue weighted by molar-refractivity contribution is -0.181. The highest BCUT2D eigenvalue weighted by atomic mass is 16.7. The van der Waals surface area contributed by atoms with Crippen LogP contribution in [0.4, 0.5) is 4.79 Å². The number of ether oxygens (including phenoxy) is 2. The van der Waals surface area contributed by atoms with Crippen molar-refractivity contribution < 1.29 is 33.5 Å². The summed E-state index contributed by atoms with van der Waals surface area (Å²) in [6.07, 6.45) is -1.09. The van der Waals surface area contributed by atoms with Crippen molar-refractivity contribution >= 4 is 23.9 Å². The number of carbonyl (C=O) groups is 4. The van der Waals surface area contributed by atoms with E-state index in [2.05, 4.69) is 5.32 Å². The van der Waals surface area contributed by atoms with Crippen molar-refractivity contribution in [2.45, 2.75) is 38.9 Å². The van der Waals surface area contributed by atoms with Gasteiger partial charge >= 0.3 is 12.1 Å². The van der Waals surface area contributed by atoms with Crippen LogP contribution in [-0.2, 0) is 19.1 Å². The van der Waals surface area contributed by atoms with E-state index in [9.17, 15) is 19.2 Å². The second-order valence-electron chi connectivity index (χ2n) is 7.58. The summed E-state index contributed by atoms with van der Waals surface area (Å²) in [7, 11) is 0. The average molecular weight is 390 g/mol. The lowest BCUT2D eigenvalue weighted by Gasteiger charge is -2.22. The minimum atomic E-state index is -1.00. The molecule has 150 valence electrons. The molecule has 0 spiro atoms. The quantitative estimate of drug-likeness (QED) is 0.779. The fraction of sp³-hybridized carbons (Fsp3) is 0.474. The number of nitrogens with one attached hydrogen (secondary N) is 1. The first-order valence-electron chi connectivity index (χ1n) is 8.95. The lowest BCUT2D eigenvalue weighted by Crippen LogP contribution is -2.42. The van der Waals surface area contributed by atoms with Crippen LogP contribution in [0.1, 0.15) is 47.9 Å². The number of benzene rings is 1. The number of carbonyl (C=O) groups excluding carboxylic acids is 4. The van der Waals surface area contributed by atoms with E-state index < -0.39 is 35.6 Å². The summed E-state index contributed by atoms with van der Waals surface area (Å²) in [6.45, 7) is 5.66. The first kappa shape index (κ1) is 19.8. The Kier molecular flexibility index (Phi) is 5.37. The third-order valence-electron chi connectivity index (χ3n) is 4.29. The third-order valence-corrected chi connectivity index (χ3v) is 4.29. The molecule has 0 aromatic heterocycles. The Morgan fingerprint density at radius 2 is 1.79 bits per heavy atom. The molecule has 0 saturated carbocycles. The van der Waals surface area contributed by atoms with Gasteiger partial charge in [-0.25, -0.2) is 9.59 Å². The Bertz CT molecular complexity index is 780. The van der Waals surface area contributed by atoms with Gasteiger partial charge < -0.3 is 19.6 Å². The van der Waals surface area contributed by atoms with E-state index in [0.29, 0.717) is 18.1 Å². The van der Waals surface area contributed by atoms with E-state index in [-0.39, 0.29) is 23.6 Å². The molecule has 1 N–H and O–H groups in total. The van der Waals surface area contributed by atoms with Gasteiger partial charge in [0.1, 0.15) is 5.60 Å². The van der Waals surface area contributed by atoms with Gasteiger partial charge in [-0.2, -0.15) is 0 Å². The van der Waals surface area contributed by atoms with Gasteiger partial charge in [-0.1, -0.05) is 17.2 Å². The molecule has 1 aromatic carbocycles. The maximum Gasteiger partial charge on any atom is 0.407 e. The van der Waals surface area contributed by atoms with Crippen LogP contribution in [0.25, 0.3) is 0 Å². The zero-order valence-electron chi connectivity index (χ0n) is 15.9. The average Bonchev–Trinajstić information content (AvgIpc) is 3.18. The minimum absolute atomic E-state index is 0.136. The lowest BCUT2D eigenvalue weighted by atomic mass is 10.0. The Morgan fingerprint density at radius 3 is 2.36 bits per heavy atom. The summed E-state index contributed by atoms with van der Waals surface area (Å²) < 4.78 is 10.6. The number of fused-ring (bicyclic) bond motifs is 1. The van der Waals surface area contributed by atoms with Crippen LogP contribution in [-0.4, -0.2) is 53.8 Å². The molecule has 0 bridgehead atoms. The topological polar surface area (TPSA) is 111 Å². The molecule has 1 aromatic rings. The Balaban J connectivity index is 1.59. The SMILES string of the molecule is CC(C)(C)OC(=O)NC[C@@H]1CCO[C@@H]1C(=O)ON1C(=O)c2ccccc2C1=O. The van der Waals surface area contributed by atoms with Crippen molar-refractivity contribution in [2.24, 2.45) is 5.92 Å². The van der Waals surface area contributed by atoms with E-state index in [0.717, 1.165) is 0 Å². The predicted molar refractivity (Wildman–Crippen MR) is 95.1 cm³/mol. The Hall–Kier alpha value is -2.94.